The second kappa shape index (κ2) is 8.39. The van der Waals surface area contributed by atoms with Gasteiger partial charge in [-0.25, -0.2) is 0 Å². The third kappa shape index (κ3) is 4.99. The zero-order valence-corrected chi connectivity index (χ0v) is 14.9. The molecule has 126 valence electrons. The molecule has 0 bridgehead atoms. The molecule has 0 radical (unpaired) electrons. The van der Waals surface area contributed by atoms with Crippen LogP contribution in [0.3, 0.4) is 0 Å². The van der Waals surface area contributed by atoms with Gasteiger partial charge in [0.2, 0.25) is 0 Å². The Morgan fingerprint density at radius 2 is 1.83 bits per heavy atom. The second-order valence-corrected chi connectivity index (χ2v) is 7.66. The largest absolute Gasteiger partial charge is 0.466 e. The van der Waals surface area contributed by atoms with E-state index in [1.165, 1.54) is 4.90 Å². The number of amides is 1. The predicted octanol–water partition coefficient (Wildman–Crippen LogP) is 3.60. The molecule has 0 aliphatic carbocycles. The summed E-state index contributed by atoms with van der Waals surface area (Å²) in [6, 6.07) is 7.79. The Bertz CT molecular complexity index is 534. The summed E-state index contributed by atoms with van der Waals surface area (Å²) in [6.45, 7) is 7.76. The van der Waals surface area contributed by atoms with Gasteiger partial charge < -0.3 is 9.64 Å². The van der Waals surface area contributed by atoms with E-state index in [1.807, 2.05) is 36.1 Å². The van der Waals surface area contributed by atoms with Crippen molar-refractivity contribution in [3.05, 3.63) is 29.8 Å². The van der Waals surface area contributed by atoms with Crippen LogP contribution in [0.15, 0.2) is 29.2 Å². The molecule has 4 nitrogen and oxygen atoms in total. The summed E-state index contributed by atoms with van der Waals surface area (Å²) in [4.78, 5) is 27.3. The molecule has 1 saturated heterocycles. The lowest BCUT2D eigenvalue weighted by atomic mass is 9.96. The number of carbonyl (C=O) groups excluding carboxylic acids is 2. The Labute approximate surface area is 142 Å². The van der Waals surface area contributed by atoms with Gasteiger partial charge in [-0.05, 0) is 44.0 Å². The molecule has 1 heterocycles. The summed E-state index contributed by atoms with van der Waals surface area (Å²) in [6.07, 6.45) is 1.37. The van der Waals surface area contributed by atoms with Crippen LogP contribution in [0.2, 0.25) is 0 Å². The highest BCUT2D eigenvalue weighted by Crippen LogP contribution is 2.24. The third-order valence-corrected chi connectivity index (χ3v) is 4.89. The molecule has 0 unspecified atom stereocenters. The maximum absolute atomic E-state index is 12.5. The molecular formula is C18H25NO3S. The first-order valence-electron chi connectivity index (χ1n) is 8.24. The van der Waals surface area contributed by atoms with Crippen LogP contribution in [0.5, 0.6) is 0 Å². The minimum Gasteiger partial charge on any atom is -0.466 e. The number of nitrogens with zero attached hydrogens (tertiary/aromatic N) is 1. The minimum atomic E-state index is -0.130. The maximum Gasteiger partial charge on any atom is 0.309 e. The van der Waals surface area contributed by atoms with Crippen molar-refractivity contribution in [1.29, 1.82) is 0 Å². The van der Waals surface area contributed by atoms with Gasteiger partial charge in [0.25, 0.3) is 5.91 Å². The van der Waals surface area contributed by atoms with Gasteiger partial charge in [0.05, 0.1) is 12.5 Å². The molecule has 1 fully saturated rings. The average Bonchev–Trinajstić information content (AvgIpc) is 2.55. The standard InChI is InChI=1S/C18H25NO3S/c1-4-22-18(21)15-9-11-19(12-10-15)17(20)14-5-7-16(8-6-14)23-13(2)3/h5-8,13,15H,4,9-12H2,1-3H3. The fraction of sp³-hybridized carbons (Fsp3) is 0.556. The topological polar surface area (TPSA) is 46.6 Å². The molecule has 1 aliphatic rings. The Hall–Kier alpha value is -1.49. The first-order chi connectivity index (χ1) is 11.0. The lowest BCUT2D eigenvalue weighted by Crippen LogP contribution is -2.40. The van der Waals surface area contributed by atoms with E-state index in [4.69, 9.17) is 4.74 Å². The fourth-order valence-electron chi connectivity index (χ4n) is 2.71. The van der Waals surface area contributed by atoms with Crippen LogP contribution >= 0.6 is 11.8 Å². The van der Waals surface area contributed by atoms with E-state index in [-0.39, 0.29) is 17.8 Å². The number of esters is 1. The van der Waals surface area contributed by atoms with Gasteiger partial charge >= 0.3 is 5.97 Å². The Morgan fingerprint density at radius 3 is 2.35 bits per heavy atom. The van der Waals surface area contributed by atoms with Crippen molar-refractivity contribution < 1.29 is 14.3 Å². The van der Waals surface area contributed by atoms with Crippen LogP contribution in [-0.4, -0.2) is 41.7 Å². The van der Waals surface area contributed by atoms with Crippen molar-refractivity contribution in [3.63, 3.8) is 0 Å². The monoisotopic (exact) mass is 335 g/mol. The number of likely N-dealkylation sites (tertiary alicyclic amines) is 1. The SMILES string of the molecule is CCOC(=O)C1CCN(C(=O)c2ccc(SC(C)C)cc2)CC1. The number of rotatable bonds is 5. The van der Waals surface area contributed by atoms with E-state index in [2.05, 4.69) is 13.8 Å². The van der Waals surface area contributed by atoms with Crippen molar-refractivity contribution >= 4 is 23.6 Å². The summed E-state index contributed by atoms with van der Waals surface area (Å²) in [5.74, 6) is -0.146. The normalized spacial score (nSPS) is 15.7. The number of benzene rings is 1. The molecule has 1 aromatic rings. The minimum absolute atomic E-state index is 0.0494. The summed E-state index contributed by atoms with van der Waals surface area (Å²) in [5.41, 5.74) is 0.715. The van der Waals surface area contributed by atoms with Crippen LogP contribution in [0, 0.1) is 5.92 Å². The molecule has 0 N–H and O–H groups in total. The number of thioether (sulfide) groups is 1. The van der Waals surface area contributed by atoms with Gasteiger partial charge in [-0.2, -0.15) is 0 Å². The zero-order valence-electron chi connectivity index (χ0n) is 14.1. The van der Waals surface area contributed by atoms with Crippen LogP contribution in [0.4, 0.5) is 0 Å². The van der Waals surface area contributed by atoms with Crippen LogP contribution in [0.25, 0.3) is 0 Å². The molecule has 2 rings (SSSR count). The van der Waals surface area contributed by atoms with E-state index in [0.29, 0.717) is 43.4 Å². The molecule has 23 heavy (non-hydrogen) atoms. The van der Waals surface area contributed by atoms with Gasteiger partial charge in [0, 0.05) is 28.8 Å². The highest BCUT2D eigenvalue weighted by molar-refractivity contribution is 7.99. The number of ether oxygens (including phenoxy) is 1. The lowest BCUT2D eigenvalue weighted by molar-refractivity contribution is -0.149. The molecular weight excluding hydrogens is 310 g/mol. The molecule has 1 amide bonds. The highest BCUT2D eigenvalue weighted by atomic mass is 32.2. The number of piperidine rings is 1. The Morgan fingerprint density at radius 1 is 1.22 bits per heavy atom. The molecule has 5 heteroatoms. The number of carbonyl (C=O) groups is 2. The van der Waals surface area contributed by atoms with Crippen molar-refractivity contribution in [1.82, 2.24) is 4.90 Å². The smallest absolute Gasteiger partial charge is 0.309 e. The first kappa shape index (κ1) is 17.9. The van der Waals surface area contributed by atoms with Gasteiger partial charge in [-0.1, -0.05) is 13.8 Å². The lowest BCUT2D eigenvalue weighted by Gasteiger charge is -2.31. The fourth-order valence-corrected chi connectivity index (χ4v) is 3.55. The average molecular weight is 335 g/mol. The summed E-state index contributed by atoms with van der Waals surface area (Å²) in [7, 11) is 0. The van der Waals surface area contributed by atoms with Gasteiger partial charge in [-0.3, -0.25) is 9.59 Å². The van der Waals surface area contributed by atoms with Crippen molar-refractivity contribution in [2.24, 2.45) is 5.92 Å². The van der Waals surface area contributed by atoms with Crippen LogP contribution in [-0.2, 0) is 9.53 Å². The molecule has 0 spiro atoms. The first-order valence-corrected chi connectivity index (χ1v) is 9.11. The van der Waals surface area contributed by atoms with Gasteiger partial charge in [-0.15, -0.1) is 11.8 Å². The zero-order chi connectivity index (χ0) is 16.8. The summed E-state index contributed by atoms with van der Waals surface area (Å²) < 4.78 is 5.06. The van der Waals surface area contributed by atoms with Crippen molar-refractivity contribution in [2.45, 2.75) is 43.8 Å². The number of hydrogen-bond acceptors (Lipinski definition) is 4. The predicted molar refractivity (Wildman–Crippen MR) is 92.7 cm³/mol. The number of hydrogen-bond donors (Lipinski definition) is 0. The summed E-state index contributed by atoms with van der Waals surface area (Å²) >= 11 is 1.79. The maximum atomic E-state index is 12.5. The van der Waals surface area contributed by atoms with Gasteiger partial charge in [0.1, 0.15) is 0 Å². The second-order valence-electron chi connectivity index (χ2n) is 6.01. The Balaban J connectivity index is 1.90. The highest BCUT2D eigenvalue weighted by Gasteiger charge is 2.28. The Kier molecular flexibility index (Phi) is 6.51. The van der Waals surface area contributed by atoms with E-state index in [9.17, 15) is 9.59 Å². The van der Waals surface area contributed by atoms with E-state index >= 15 is 0 Å². The van der Waals surface area contributed by atoms with Crippen LogP contribution < -0.4 is 0 Å². The van der Waals surface area contributed by atoms with E-state index < -0.39 is 0 Å². The molecule has 0 atom stereocenters. The van der Waals surface area contributed by atoms with Crippen molar-refractivity contribution in [2.75, 3.05) is 19.7 Å². The third-order valence-electron chi connectivity index (χ3n) is 3.88. The van der Waals surface area contributed by atoms with Crippen LogP contribution in [0.1, 0.15) is 44.0 Å². The molecule has 0 aromatic heterocycles. The molecule has 1 aliphatic heterocycles. The van der Waals surface area contributed by atoms with E-state index in [0.717, 1.165) is 0 Å². The summed E-state index contributed by atoms with van der Waals surface area (Å²) in [5, 5.41) is 0.526. The molecule has 1 aromatic carbocycles. The van der Waals surface area contributed by atoms with Gasteiger partial charge in [0.15, 0.2) is 0 Å². The molecule has 0 saturated carbocycles. The quantitative estimate of drug-likeness (QED) is 0.609. The van der Waals surface area contributed by atoms with E-state index in [1.54, 1.807) is 11.8 Å². The van der Waals surface area contributed by atoms with Crippen molar-refractivity contribution in [3.8, 4) is 0 Å².